The molecule has 0 amide bonds. The summed E-state index contributed by atoms with van der Waals surface area (Å²) in [6, 6.07) is 10.3. The summed E-state index contributed by atoms with van der Waals surface area (Å²) in [5.41, 5.74) is 2.40. The lowest BCUT2D eigenvalue weighted by Crippen LogP contribution is -2.02. The van der Waals surface area contributed by atoms with Gasteiger partial charge in [0.05, 0.1) is 0 Å². The molecule has 0 aliphatic rings. The minimum Gasteiger partial charge on any atom is -0.287 e. The highest BCUT2D eigenvalue weighted by Gasteiger charge is 2.12. The molecule has 1 unspecified atom stereocenters. The minimum atomic E-state index is 0.337. The molecule has 0 radical (unpaired) electrons. The molecule has 2 aromatic heterocycles. The lowest BCUT2D eigenvalue weighted by atomic mass is 10.0. The zero-order chi connectivity index (χ0) is 10.7. The molecule has 0 aromatic carbocycles. The van der Waals surface area contributed by atoms with Crippen molar-refractivity contribution in [1.82, 2.24) is 8.96 Å². The molecule has 2 heterocycles. The Kier molecular flexibility index (Phi) is 3.69. The molecule has 2 aromatic rings. The fourth-order valence-corrected chi connectivity index (χ4v) is 3.05. The third-order valence-corrected chi connectivity index (χ3v) is 4.15. The van der Waals surface area contributed by atoms with Gasteiger partial charge in [-0.25, -0.2) is 0 Å². The van der Waals surface area contributed by atoms with Crippen molar-refractivity contribution >= 4 is 30.3 Å². The van der Waals surface area contributed by atoms with Crippen LogP contribution >= 0.6 is 30.3 Å². The molecule has 0 N–H and O–H groups in total. The van der Waals surface area contributed by atoms with Gasteiger partial charge in [0.1, 0.15) is 0 Å². The Labute approximate surface area is 106 Å². The van der Waals surface area contributed by atoms with Crippen LogP contribution in [0.5, 0.6) is 0 Å². The van der Waals surface area contributed by atoms with Crippen LogP contribution in [0.1, 0.15) is 24.2 Å². The van der Waals surface area contributed by atoms with Crippen molar-refractivity contribution in [2.24, 2.45) is 0 Å². The predicted molar refractivity (Wildman–Crippen MR) is 73.2 cm³/mol. The van der Waals surface area contributed by atoms with Crippen LogP contribution in [-0.4, -0.2) is 8.96 Å². The summed E-state index contributed by atoms with van der Waals surface area (Å²) >= 11 is 2.29. The second-order valence-corrected chi connectivity index (χ2v) is 5.02. The summed E-state index contributed by atoms with van der Waals surface area (Å²) in [4.78, 5) is 4.38. The summed E-state index contributed by atoms with van der Waals surface area (Å²) in [5.74, 6) is 0.337. The molecular formula is C11H11IN2S. The van der Waals surface area contributed by atoms with E-state index in [0.717, 1.165) is 5.69 Å². The van der Waals surface area contributed by atoms with E-state index in [1.54, 1.807) is 9.12 Å². The van der Waals surface area contributed by atoms with Crippen LogP contribution < -0.4 is 0 Å². The van der Waals surface area contributed by atoms with Crippen LogP contribution in [0.4, 0.5) is 0 Å². The number of nitrogens with zero attached hydrogens (tertiary/aromatic N) is 2. The van der Waals surface area contributed by atoms with Gasteiger partial charge in [-0.2, -0.15) is 0 Å². The largest absolute Gasteiger partial charge is 0.287 e. The maximum absolute atomic E-state index is 4.38. The Morgan fingerprint density at radius 2 is 2.20 bits per heavy atom. The molecular weight excluding hydrogens is 319 g/mol. The minimum absolute atomic E-state index is 0.337. The zero-order valence-electron chi connectivity index (χ0n) is 8.30. The smallest absolute Gasteiger partial charge is 0.0490 e. The van der Waals surface area contributed by atoms with Gasteiger partial charge in [0.25, 0.3) is 0 Å². The quantitative estimate of drug-likeness (QED) is 0.795. The molecule has 15 heavy (non-hydrogen) atoms. The highest BCUT2D eigenvalue weighted by atomic mass is 127. The van der Waals surface area contributed by atoms with E-state index >= 15 is 0 Å². The van der Waals surface area contributed by atoms with Gasteiger partial charge in [-0.1, -0.05) is 13.0 Å². The summed E-state index contributed by atoms with van der Waals surface area (Å²) < 4.78 is 2.17. The number of hydrogen-bond acceptors (Lipinski definition) is 2. The van der Waals surface area contributed by atoms with Gasteiger partial charge in [0.2, 0.25) is 0 Å². The zero-order valence-corrected chi connectivity index (χ0v) is 11.3. The summed E-state index contributed by atoms with van der Waals surface area (Å²) in [7, 11) is 1.68. The lowest BCUT2D eigenvalue weighted by molar-refractivity contribution is 0.830. The van der Waals surface area contributed by atoms with E-state index < -0.39 is 0 Å². The maximum Gasteiger partial charge on any atom is 0.0490 e. The van der Waals surface area contributed by atoms with Gasteiger partial charge in [-0.15, -0.1) is 0 Å². The van der Waals surface area contributed by atoms with Crippen molar-refractivity contribution in [3.05, 3.63) is 54.1 Å². The van der Waals surface area contributed by atoms with E-state index in [2.05, 4.69) is 61.5 Å². The first-order valence-electron chi connectivity index (χ1n) is 4.70. The molecule has 0 aliphatic carbocycles. The van der Waals surface area contributed by atoms with E-state index in [1.165, 1.54) is 5.69 Å². The van der Waals surface area contributed by atoms with Crippen LogP contribution in [0.2, 0.25) is 0 Å². The van der Waals surface area contributed by atoms with Crippen LogP contribution in [0.15, 0.2) is 42.7 Å². The van der Waals surface area contributed by atoms with Gasteiger partial charge in [-0.05, 0) is 24.3 Å². The van der Waals surface area contributed by atoms with Crippen LogP contribution in [0.3, 0.4) is 0 Å². The second kappa shape index (κ2) is 5.03. The molecule has 78 valence electrons. The molecule has 0 aliphatic heterocycles. The first kappa shape index (κ1) is 11.0. The SMILES string of the molecule is CC(c1ccccn1)c1cccn1SI. The van der Waals surface area contributed by atoms with Crippen LogP contribution in [0.25, 0.3) is 0 Å². The third-order valence-electron chi connectivity index (χ3n) is 2.39. The summed E-state index contributed by atoms with van der Waals surface area (Å²) in [5, 5.41) is 0. The van der Waals surface area contributed by atoms with Gasteiger partial charge in [0.15, 0.2) is 0 Å². The van der Waals surface area contributed by atoms with Crippen LogP contribution in [0, 0.1) is 0 Å². The summed E-state index contributed by atoms with van der Waals surface area (Å²) in [6.07, 6.45) is 3.92. The molecule has 0 saturated heterocycles. The highest BCUT2D eigenvalue weighted by Crippen LogP contribution is 2.28. The Hall–Kier alpha value is -0.490. The fraction of sp³-hybridized carbons (Fsp3) is 0.182. The number of rotatable bonds is 3. The van der Waals surface area contributed by atoms with Crippen molar-refractivity contribution < 1.29 is 0 Å². The standard InChI is InChI=1S/C11H11IN2S/c1-9(10-5-2-3-7-13-10)11-6-4-8-14(11)15-12/h2-9H,1H3. The molecule has 2 nitrogen and oxygen atoms in total. The van der Waals surface area contributed by atoms with Crippen LogP contribution in [-0.2, 0) is 0 Å². The Bertz CT molecular complexity index is 427. The molecule has 2 rings (SSSR count). The Balaban J connectivity index is 2.32. The van der Waals surface area contributed by atoms with Gasteiger partial charge in [0, 0.05) is 60.0 Å². The molecule has 0 fully saturated rings. The average Bonchev–Trinajstić information content (AvgIpc) is 2.77. The van der Waals surface area contributed by atoms with Crippen molar-refractivity contribution in [2.45, 2.75) is 12.8 Å². The van der Waals surface area contributed by atoms with Gasteiger partial charge < -0.3 is 0 Å². The lowest BCUT2D eigenvalue weighted by Gasteiger charge is -2.12. The Morgan fingerprint density at radius 3 is 2.87 bits per heavy atom. The van der Waals surface area contributed by atoms with E-state index in [4.69, 9.17) is 0 Å². The van der Waals surface area contributed by atoms with Crippen molar-refractivity contribution in [3.63, 3.8) is 0 Å². The van der Waals surface area contributed by atoms with E-state index in [1.807, 2.05) is 18.3 Å². The van der Waals surface area contributed by atoms with Gasteiger partial charge in [-0.3, -0.25) is 8.96 Å². The molecule has 0 spiro atoms. The first-order valence-corrected chi connectivity index (χ1v) is 8.02. The normalized spacial score (nSPS) is 12.7. The van der Waals surface area contributed by atoms with Crippen molar-refractivity contribution in [2.75, 3.05) is 0 Å². The average molecular weight is 330 g/mol. The third kappa shape index (κ3) is 2.36. The predicted octanol–water partition coefficient (Wildman–Crippen LogP) is 3.88. The number of aromatic nitrogens is 2. The molecule has 4 heteroatoms. The number of hydrogen-bond donors (Lipinski definition) is 0. The van der Waals surface area contributed by atoms with E-state index in [9.17, 15) is 0 Å². The topological polar surface area (TPSA) is 17.8 Å². The molecule has 0 saturated carbocycles. The van der Waals surface area contributed by atoms with Crippen molar-refractivity contribution in [3.8, 4) is 0 Å². The maximum atomic E-state index is 4.38. The van der Waals surface area contributed by atoms with Gasteiger partial charge >= 0.3 is 0 Å². The monoisotopic (exact) mass is 330 g/mol. The Morgan fingerprint density at radius 1 is 1.33 bits per heavy atom. The highest BCUT2D eigenvalue weighted by molar-refractivity contribution is 14.2. The summed E-state index contributed by atoms with van der Waals surface area (Å²) in [6.45, 7) is 2.18. The number of pyridine rings is 1. The molecule has 1 atom stereocenters. The molecule has 0 bridgehead atoms. The van der Waals surface area contributed by atoms with E-state index in [-0.39, 0.29) is 0 Å². The van der Waals surface area contributed by atoms with E-state index in [0.29, 0.717) is 5.92 Å². The number of halogens is 1. The van der Waals surface area contributed by atoms with Crippen molar-refractivity contribution in [1.29, 1.82) is 0 Å². The second-order valence-electron chi connectivity index (χ2n) is 3.30. The fourth-order valence-electron chi connectivity index (χ4n) is 1.56. The first-order chi connectivity index (χ1) is 7.33.